The van der Waals surface area contributed by atoms with Gasteiger partial charge in [-0.1, -0.05) is 24.3 Å². The van der Waals surface area contributed by atoms with Crippen molar-refractivity contribution >= 4 is 5.91 Å². The van der Waals surface area contributed by atoms with Crippen molar-refractivity contribution < 1.29 is 9.90 Å². The van der Waals surface area contributed by atoms with E-state index in [9.17, 15) is 4.79 Å². The minimum atomic E-state index is 0.0899. The lowest BCUT2D eigenvalue weighted by Gasteiger charge is -2.18. The predicted octanol–water partition coefficient (Wildman–Crippen LogP) is 3.02. The molecule has 0 bridgehead atoms. The molecule has 0 spiro atoms. The quantitative estimate of drug-likeness (QED) is 0.919. The van der Waals surface area contributed by atoms with Crippen molar-refractivity contribution in [3.8, 4) is 0 Å². The molecule has 1 saturated carbocycles. The Morgan fingerprint density at radius 3 is 2.54 bits per heavy atom. The Hall–Kier alpha value is -2.07. The fraction of sp³-hybridized carbons (Fsp3) is 0.450. The number of amides is 1. The molecule has 1 amide bonds. The highest BCUT2D eigenvalue weighted by Crippen LogP contribution is 2.36. The van der Waals surface area contributed by atoms with Crippen LogP contribution in [0.2, 0.25) is 0 Å². The number of aliphatic hydroxyl groups is 1. The number of carbonyl (C=O) groups is 1. The van der Waals surface area contributed by atoms with Crippen LogP contribution in [-0.4, -0.2) is 33.6 Å². The van der Waals surface area contributed by atoms with E-state index in [0.717, 1.165) is 37.2 Å². The SMILES string of the molecule is O=C(c1cccn1C1CC1)N1CCC(Cc2ccc(CO)cc2)C1. The van der Waals surface area contributed by atoms with Gasteiger partial charge in [0.2, 0.25) is 0 Å². The number of carbonyl (C=O) groups excluding carboxylic acids is 1. The zero-order valence-electron chi connectivity index (χ0n) is 13.9. The molecule has 1 aromatic heterocycles. The van der Waals surface area contributed by atoms with Crippen LogP contribution in [0.25, 0.3) is 0 Å². The third-order valence-electron chi connectivity index (χ3n) is 5.24. The maximum Gasteiger partial charge on any atom is 0.270 e. The first-order chi connectivity index (χ1) is 11.7. The molecule has 1 unspecified atom stereocenters. The van der Waals surface area contributed by atoms with Crippen molar-refractivity contribution in [1.29, 1.82) is 0 Å². The minimum Gasteiger partial charge on any atom is -0.392 e. The summed E-state index contributed by atoms with van der Waals surface area (Å²) in [7, 11) is 0. The zero-order chi connectivity index (χ0) is 16.5. The van der Waals surface area contributed by atoms with Gasteiger partial charge in [0.15, 0.2) is 0 Å². The maximum atomic E-state index is 12.8. The van der Waals surface area contributed by atoms with Gasteiger partial charge < -0.3 is 14.6 Å². The molecule has 4 nitrogen and oxygen atoms in total. The number of benzene rings is 1. The van der Waals surface area contributed by atoms with E-state index in [-0.39, 0.29) is 12.5 Å². The summed E-state index contributed by atoms with van der Waals surface area (Å²) in [6.07, 6.45) is 6.50. The summed E-state index contributed by atoms with van der Waals surface area (Å²) in [5.41, 5.74) is 3.08. The molecule has 2 fully saturated rings. The smallest absolute Gasteiger partial charge is 0.270 e. The van der Waals surface area contributed by atoms with Crippen LogP contribution in [0.1, 0.15) is 46.9 Å². The van der Waals surface area contributed by atoms with E-state index in [0.29, 0.717) is 12.0 Å². The minimum absolute atomic E-state index is 0.0899. The van der Waals surface area contributed by atoms with Gasteiger partial charge in [0.05, 0.1) is 6.61 Å². The van der Waals surface area contributed by atoms with Gasteiger partial charge in [-0.3, -0.25) is 4.79 Å². The number of rotatable bonds is 5. The van der Waals surface area contributed by atoms with Gasteiger partial charge in [0.25, 0.3) is 5.91 Å². The molecule has 1 aliphatic carbocycles. The summed E-state index contributed by atoms with van der Waals surface area (Å²) >= 11 is 0. The second-order valence-corrected chi connectivity index (χ2v) is 7.12. The number of hydrogen-bond donors (Lipinski definition) is 1. The first kappa shape index (κ1) is 15.5. The predicted molar refractivity (Wildman–Crippen MR) is 92.8 cm³/mol. The summed E-state index contributed by atoms with van der Waals surface area (Å²) in [4.78, 5) is 14.8. The molecule has 1 aromatic carbocycles. The normalized spacial score (nSPS) is 20.5. The van der Waals surface area contributed by atoms with Crippen LogP contribution in [0.4, 0.5) is 0 Å². The zero-order valence-corrected chi connectivity index (χ0v) is 13.9. The van der Waals surface area contributed by atoms with Gasteiger partial charge >= 0.3 is 0 Å². The number of nitrogens with zero attached hydrogens (tertiary/aromatic N) is 2. The average molecular weight is 324 g/mol. The fourth-order valence-corrected chi connectivity index (χ4v) is 3.71. The number of hydrogen-bond acceptors (Lipinski definition) is 2. The fourth-order valence-electron chi connectivity index (χ4n) is 3.71. The van der Waals surface area contributed by atoms with Gasteiger partial charge in [0.1, 0.15) is 5.69 Å². The molecule has 2 aliphatic rings. The molecule has 4 heteroatoms. The Labute approximate surface area is 142 Å². The third-order valence-corrected chi connectivity index (χ3v) is 5.24. The second-order valence-electron chi connectivity index (χ2n) is 7.12. The van der Waals surface area contributed by atoms with Crippen molar-refractivity contribution in [1.82, 2.24) is 9.47 Å². The Bertz CT molecular complexity index is 715. The van der Waals surface area contributed by atoms with Gasteiger partial charge in [0, 0.05) is 25.3 Å². The largest absolute Gasteiger partial charge is 0.392 e. The average Bonchev–Trinajstić information content (AvgIpc) is 3.15. The van der Waals surface area contributed by atoms with Crippen molar-refractivity contribution in [2.45, 2.75) is 38.3 Å². The van der Waals surface area contributed by atoms with Gasteiger partial charge in [-0.05, 0) is 54.9 Å². The third kappa shape index (κ3) is 3.11. The standard InChI is InChI=1S/C20H24N2O2/c23-14-16-5-3-15(4-6-16)12-17-9-11-21(13-17)20(24)19-2-1-10-22(19)18-7-8-18/h1-6,10,17-18,23H,7-9,11-14H2. The van der Waals surface area contributed by atoms with Crippen molar-refractivity contribution in [2.24, 2.45) is 5.92 Å². The van der Waals surface area contributed by atoms with Gasteiger partial charge in [-0.15, -0.1) is 0 Å². The van der Waals surface area contributed by atoms with Crippen LogP contribution in [0.5, 0.6) is 0 Å². The summed E-state index contributed by atoms with van der Waals surface area (Å²) in [5.74, 6) is 0.711. The van der Waals surface area contributed by atoms with Crippen molar-refractivity contribution in [3.63, 3.8) is 0 Å². The molecule has 2 aromatic rings. The second kappa shape index (κ2) is 6.44. The monoisotopic (exact) mass is 324 g/mol. The molecule has 1 aliphatic heterocycles. The first-order valence-corrected chi connectivity index (χ1v) is 8.89. The lowest BCUT2D eigenvalue weighted by molar-refractivity contribution is 0.0776. The Kier molecular flexibility index (Phi) is 4.15. The molecule has 4 rings (SSSR count). The highest BCUT2D eigenvalue weighted by atomic mass is 16.3. The lowest BCUT2D eigenvalue weighted by Crippen LogP contribution is -2.30. The Morgan fingerprint density at radius 1 is 1.08 bits per heavy atom. The van der Waals surface area contributed by atoms with Gasteiger partial charge in [-0.2, -0.15) is 0 Å². The molecular weight excluding hydrogens is 300 g/mol. The van der Waals surface area contributed by atoms with Crippen LogP contribution in [0.15, 0.2) is 42.6 Å². The Balaban J connectivity index is 1.38. The molecular formula is C20H24N2O2. The molecule has 1 N–H and O–H groups in total. The highest BCUT2D eigenvalue weighted by Gasteiger charge is 2.31. The molecule has 1 atom stereocenters. The lowest BCUT2D eigenvalue weighted by atomic mass is 9.98. The van der Waals surface area contributed by atoms with E-state index in [1.807, 2.05) is 35.4 Å². The number of aliphatic hydroxyl groups excluding tert-OH is 1. The Morgan fingerprint density at radius 2 is 1.83 bits per heavy atom. The van der Waals surface area contributed by atoms with E-state index in [1.54, 1.807) is 0 Å². The van der Waals surface area contributed by atoms with Crippen LogP contribution in [0, 0.1) is 5.92 Å². The molecule has 1 saturated heterocycles. The van der Waals surface area contributed by atoms with E-state index in [4.69, 9.17) is 5.11 Å². The van der Waals surface area contributed by atoms with Crippen molar-refractivity contribution in [3.05, 3.63) is 59.4 Å². The van der Waals surface area contributed by atoms with E-state index < -0.39 is 0 Å². The first-order valence-electron chi connectivity index (χ1n) is 8.89. The molecule has 126 valence electrons. The van der Waals surface area contributed by atoms with Crippen LogP contribution < -0.4 is 0 Å². The van der Waals surface area contributed by atoms with Crippen molar-refractivity contribution in [2.75, 3.05) is 13.1 Å². The summed E-state index contributed by atoms with van der Waals surface area (Å²) in [6, 6.07) is 12.6. The topological polar surface area (TPSA) is 45.5 Å². The summed E-state index contributed by atoms with van der Waals surface area (Å²) in [6.45, 7) is 1.79. The molecule has 24 heavy (non-hydrogen) atoms. The van der Waals surface area contributed by atoms with E-state index in [2.05, 4.69) is 16.7 Å². The highest BCUT2D eigenvalue weighted by molar-refractivity contribution is 5.93. The van der Waals surface area contributed by atoms with E-state index >= 15 is 0 Å². The molecule has 2 heterocycles. The van der Waals surface area contributed by atoms with Crippen LogP contribution >= 0.6 is 0 Å². The maximum absolute atomic E-state index is 12.8. The molecule has 0 radical (unpaired) electrons. The van der Waals surface area contributed by atoms with Crippen LogP contribution in [-0.2, 0) is 13.0 Å². The van der Waals surface area contributed by atoms with Crippen LogP contribution in [0.3, 0.4) is 0 Å². The summed E-state index contributed by atoms with van der Waals surface area (Å²) < 4.78 is 2.16. The summed E-state index contributed by atoms with van der Waals surface area (Å²) in [5, 5.41) is 9.12. The number of likely N-dealkylation sites (tertiary alicyclic amines) is 1. The van der Waals surface area contributed by atoms with E-state index in [1.165, 1.54) is 18.4 Å². The van der Waals surface area contributed by atoms with Gasteiger partial charge in [-0.25, -0.2) is 0 Å². The number of aromatic nitrogens is 1.